The Bertz CT molecular complexity index is 610. The lowest BCUT2D eigenvalue weighted by Gasteiger charge is -1.92. The van der Waals surface area contributed by atoms with Gasteiger partial charge >= 0.3 is 0 Å². The van der Waals surface area contributed by atoms with E-state index in [-0.39, 0.29) is 0 Å². The number of hydrogen-bond acceptors (Lipinski definition) is 2. The molecule has 3 rings (SSSR count). The average Bonchev–Trinajstić information content (AvgIpc) is 2.71. The van der Waals surface area contributed by atoms with Crippen molar-refractivity contribution in [2.24, 2.45) is 0 Å². The second-order valence-corrected chi connectivity index (χ2v) is 3.42. The third kappa shape index (κ3) is 1.56. The summed E-state index contributed by atoms with van der Waals surface area (Å²) in [5.41, 5.74) is 3.08. The lowest BCUT2D eigenvalue weighted by atomic mass is 10.1. The van der Waals surface area contributed by atoms with E-state index in [1.165, 1.54) is 10.9 Å². The first kappa shape index (κ1) is 10.7. The predicted molar refractivity (Wildman–Crippen MR) is 67.6 cm³/mol. The van der Waals surface area contributed by atoms with Crippen LogP contribution in [0.1, 0.15) is 19.4 Å². The molecule has 2 heterocycles. The third-order valence-electron chi connectivity index (χ3n) is 2.50. The molecule has 0 unspecified atom stereocenters. The van der Waals surface area contributed by atoms with Gasteiger partial charge in [-0.1, -0.05) is 26.0 Å². The molecule has 0 fully saturated rings. The largest absolute Gasteiger partial charge is 0.456 e. The van der Waals surface area contributed by atoms with Gasteiger partial charge in [0.1, 0.15) is 11.2 Å². The van der Waals surface area contributed by atoms with Crippen molar-refractivity contribution in [3.8, 4) is 0 Å². The summed E-state index contributed by atoms with van der Waals surface area (Å²) in [5, 5.41) is 2.27. The van der Waals surface area contributed by atoms with E-state index < -0.39 is 0 Å². The normalized spacial score (nSPS) is 10.2. The van der Waals surface area contributed by atoms with E-state index in [0.29, 0.717) is 0 Å². The maximum Gasteiger partial charge on any atom is 0.138 e. The van der Waals surface area contributed by atoms with Crippen molar-refractivity contribution in [1.82, 2.24) is 4.98 Å². The number of aryl methyl sites for hydroxylation is 1. The molecule has 0 radical (unpaired) electrons. The van der Waals surface area contributed by atoms with Gasteiger partial charge in [-0.05, 0) is 24.6 Å². The summed E-state index contributed by atoms with van der Waals surface area (Å²) in [6.45, 7) is 6.09. The molecule has 0 saturated heterocycles. The molecule has 2 aromatic heterocycles. The van der Waals surface area contributed by atoms with E-state index in [9.17, 15) is 0 Å². The molecule has 0 bridgehead atoms. The summed E-state index contributed by atoms with van der Waals surface area (Å²) in [4.78, 5) is 4.12. The van der Waals surface area contributed by atoms with E-state index in [1.807, 2.05) is 38.2 Å². The van der Waals surface area contributed by atoms with Crippen LogP contribution in [0.3, 0.4) is 0 Å². The van der Waals surface area contributed by atoms with Crippen LogP contribution in [0.25, 0.3) is 21.9 Å². The van der Waals surface area contributed by atoms with Gasteiger partial charge in [0.25, 0.3) is 0 Å². The zero-order valence-electron chi connectivity index (χ0n) is 9.82. The molecule has 1 aromatic carbocycles. The lowest BCUT2D eigenvalue weighted by molar-refractivity contribution is 0.668. The van der Waals surface area contributed by atoms with Gasteiger partial charge in [0.15, 0.2) is 0 Å². The Labute approximate surface area is 94.9 Å². The number of aromatic nitrogens is 1. The lowest BCUT2D eigenvalue weighted by Crippen LogP contribution is -1.73. The van der Waals surface area contributed by atoms with Gasteiger partial charge in [-0.25, -0.2) is 0 Å². The van der Waals surface area contributed by atoms with Crippen LogP contribution in [-0.2, 0) is 0 Å². The molecule has 0 saturated carbocycles. The fourth-order valence-corrected chi connectivity index (χ4v) is 1.85. The van der Waals surface area contributed by atoms with Crippen LogP contribution < -0.4 is 0 Å². The fourth-order valence-electron chi connectivity index (χ4n) is 1.85. The Morgan fingerprint density at radius 2 is 1.88 bits per heavy atom. The van der Waals surface area contributed by atoms with Gasteiger partial charge in [-0.3, -0.25) is 4.98 Å². The number of furan rings is 1. The van der Waals surface area contributed by atoms with Gasteiger partial charge in [0, 0.05) is 23.2 Å². The van der Waals surface area contributed by atoms with E-state index >= 15 is 0 Å². The third-order valence-corrected chi connectivity index (χ3v) is 2.50. The van der Waals surface area contributed by atoms with Crippen LogP contribution >= 0.6 is 0 Å². The van der Waals surface area contributed by atoms with E-state index in [2.05, 4.69) is 18.0 Å². The molecule has 0 aliphatic rings. The van der Waals surface area contributed by atoms with Crippen molar-refractivity contribution < 1.29 is 4.42 Å². The molecular weight excluding hydrogens is 198 g/mol. The number of nitrogens with zero attached hydrogens (tertiary/aromatic N) is 1. The first-order chi connectivity index (χ1) is 7.86. The summed E-state index contributed by atoms with van der Waals surface area (Å²) >= 11 is 0. The number of benzene rings is 1. The summed E-state index contributed by atoms with van der Waals surface area (Å²) in [6, 6.07) is 7.98. The highest BCUT2D eigenvalue weighted by Crippen LogP contribution is 2.29. The molecule has 0 amide bonds. The van der Waals surface area contributed by atoms with Crippen molar-refractivity contribution in [1.29, 1.82) is 0 Å². The number of fused-ring (bicyclic) bond motifs is 3. The van der Waals surface area contributed by atoms with Crippen molar-refractivity contribution in [3.63, 3.8) is 0 Å². The molecule has 3 aromatic rings. The fraction of sp³-hybridized carbons (Fsp3) is 0.214. The molecule has 0 aliphatic heterocycles. The Morgan fingerprint density at radius 1 is 1.06 bits per heavy atom. The van der Waals surface area contributed by atoms with Gasteiger partial charge < -0.3 is 4.42 Å². The predicted octanol–water partition coefficient (Wildman–Crippen LogP) is 4.32. The van der Waals surface area contributed by atoms with E-state index in [1.54, 1.807) is 6.20 Å². The Hall–Kier alpha value is -1.83. The van der Waals surface area contributed by atoms with Gasteiger partial charge in [0.2, 0.25) is 0 Å². The first-order valence-corrected chi connectivity index (χ1v) is 5.58. The highest BCUT2D eigenvalue weighted by Gasteiger charge is 2.07. The molecule has 16 heavy (non-hydrogen) atoms. The van der Waals surface area contributed by atoms with Gasteiger partial charge in [-0.2, -0.15) is 0 Å². The number of hydrogen-bond donors (Lipinski definition) is 0. The van der Waals surface area contributed by atoms with Gasteiger partial charge in [0.05, 0.1) is 0 Å². The van der Waals surface area contributed by atoms with Crippen molar-refractivity contribution in [2.45, 2.75) is 20.8 Å². The van der Waals surface area contributed by atoms with Crippen molar-refractivity contribution in [3.05, 3.63) is 42.2 Å². The minimum atomic E-state index is 0.907. The van der Waals surface area contributed by atoms with Crippen molar-refractivity contribution in [2.75, 3.05) is 0 Å². The SMILES string of the molecule is CC.Cc1cccc2oc3ccncc3c12. The molecule has 82 valence electrons. The number of rotatable bonds is 0. The van der Waals surface area contributed by atoms with Crippen molar-refractivity contribution >= 4 is 21.9 Å². The van der Waals surface area contributed by atoms with Crippen LogP contribution in [-0.4, -0.2) is 4.98 Å². The smallest absolute Gasteiger partial charge is 0.138 e. The van der Waals surface area contributed by atoms with Crippen LogP contribution in [0.15, 0.2) is 41.1 Å². The average molecular weight is 213 g/mol. The summed E-state index contributed by atoms with van der Waals surface area (Å²) < 4.78 is 5.69. The zero-order valence-corrected chi connectivity index (χ0v) is 9.82. The van der Waals surface area contributed by atoms with Crippen LogP contribution in [0.5, 0.6) is 0 Å². The quantitative estimate of drug-likeness (QED) is 0.556. The van der Waals surface area contributed by atoms with E-state index in [0.717, 1.165) is 16.6 Å². The zero-order chi connectivity index (χ0) is 11.5. The maximum atomic E-state index is 5.69. The molecule has 2 heteroatoms. The topological polar surface area (TPSA) is 26.0 Å². The molecular formula is C14H15NO. The van der Waals surface area contributed by atoms with Crippen LogP contribution in [0, 0.1) is 6.92 Å². The molecule has 0 atom stereocenters. The summed E-state index contributed by atoms with van der Waals surface area (Å²) in [5.74, 6) is 0. The minimum Gasteiger partial charge on any atom is -0.456 e. The summed E-state index contributed by atoms with van der Waals surface area (Å²) in [7, 11) is 0. The minimum absolute atomic E-state index is 0.907. The monoisotopic (exact) mass is 213 g/mol. The Balaban J connectivity index is 0.000000457. The summed E-state index contributed by atoms with van der Waals surface area (Å²) in [6.07, 6.45) is 3.61. The first-order valence-electron chi connectivity index (χ1n) is 5.58. The molecule has 0 N–H and O–H groups in total. The second-order valence-electron chi connectivity index (χ2n) is 3.42. The Kier molecular flexibility index (Phi) is 2.91. The molecule has 0 spiro atoms. The van der Waals surface area contributed by atoms with Gasteiger partial charge in [-0.15, -0.1) is 0 Å². The highest BCUT2D eigenvalue weighted by atomic mass is 16.3. The maximum absolute atomic E-state index is 5.69. The second kappa shape index (κ2) is 4.35. The van der Waals surface area contributed by atoms with Crippen LogP contribution in [0.4, 0.5) is 0 Å². The highest BCUT2D eigenvalue weighted by molar-refractivity contribution is 6.06. The molecule has 0 aliphatic carbocycles. The molecule has 2 nitrogen and oxygen atoms in total. The van der Waals surface area contributed by atoms with E-state index in [4.69, 9.17) is 4.42 Å². The standard InChI is InChI=1S/C12H9NO.C2H6/c1-8-3-2-4-11-12(8)9-7-13-6-5-10(9)14-11;1-2/h2-7H,1H3;1-2H3. The number of pyridine rings is 1. The van der Waals surface area contributed by atoms with Crippen LogP contribution in [0.2, 0.25) is 0 Å². The Morgan fingerprint density at radius 3 is 2.69 bits per heavy atom.